The number of hydrogen-bond acceptors (Lipinski definition) is 3. The third kappa shape index (κ3) is 3.52. The number of rotatable bonds is 2. The molecule has 0 aliphatic carbocycles. The van der Waals surface area contributed by atoms with Gasteiger partial charge in [0.05, 0.1) is 5.92 Å². The van der Waals surface area contributed by atoms with Crippen LogP contribution < -0.4 is 10.2 Å². The van der Waals surface area contributed by atoms with Crippen molar-refractivity contribution in [3.05, 3.63) is 29.8 Å². The molecule has 0 saturated carbocycles. The smallest absolute Gasteiger partial charge is 0.228 e. The number of nitrogens with zero attached hydrogens (tertiary/aromatic N) is 2. The van der Waals surface area contributed by atoms with Gasteiger partial charge in [-0.2, -0.15) is 0 Å². The summed E-state index contributed by atoms with van der Waals surface area (Å²) in [6, 6.07) is 3.67. The van der Waals surface area contributed by atoms with Crippen molar-refractivity contribution in [2.24, 2.45) is 5.92 Å². The SMILES string of the molecule is C[C@@H]1CN(C(=O)C2CC(=O)N(c3c(F)cccc3F)C2)CCN1.Cl. The lowest BCUT2D eigenvalue weighted by molar-refractivity contribution is -0.136. The highest BCUT2D eigenvalue weighted by atomic mass is 35.5. The van der Waals surface area contributed by atoms with E-state index in [1.54, 1.807) is 4.90 Å². The zero-order chi connectivity index (χ0) is 16.6. The maximum Gasteiger partial charge on any atom is 0.228 e. The van der Waals surface area contributed by atoms with E-state index in [9.17, 15) is 18.4 Å². The summed E-state index contributed by atoms with van der Waals surface area (Å²) in [5.74, 6) is -2.67. The first-order valence-corrected chi connectivity index (χ1v) is 7.74. The fraction of sp³-hybridized carbons (Fsp3) is 0.500. The molecule has 0 spiro atoms. The number of carbonyl (C=O) groups is 2. The van der Waals surface area contributed by atoms with Crippen molar-refractivity contribution in [1.82, 2.24) is 10.2 Å². The van der Waals surface area contributed by atoms with Crippen molar-refractivity contribution in [2.75, 3.05) is 31.1 Å². The van der Waals surface area contributed by atoms with Gasteiger partial charge in [-0.15, -0.1) is 12.4 Å². The number of carbonyl (C=O) groups excluding carboxylic acids is 2. The molecule has 2 aliphatic heterocycles. The van der Waals surface area contributed by atoms with Crippen LogP contribution in [-0.4, -0.2) is 48.9 Å². The molecule has 132 valence electrons. The topological polar surface area (TPSA) is 52.7 Å². The van der Waals surface area contributed by atoms with E-state index in [2.05, 4.69) is 5.32 Å². The average molecular weight is 360 g/mol. The van der Waals surface area contributed by atoms with Gasteiger partial charge in [0.15, 0.2) is 0 Å². The average Bonchev–Trinajstić information content (AvgIpc) is 2.88. The van der Waals surface area contributed by atoms with Gasteiger partial charge in [-0.3, -0.25) is 9.59 Å². The van der Waals surface area contributed by atoms with Crippen LogP contribution in [0.2, 0.25) is 0 Å². The van der Waals surface area contributed by atoms with Crippen molar-refractivity contribution in [2.45, 2.75) is 19.4 Å². The molecule has 24 heavy (non-hydrogen) atoms. The van der Waals surface area contributed by atoms with Crippen LogP contribution in [0.1, 0.15) is 13.3 Å². The van der Waals surface area contributed by atoms with Crippen LogP contribution in [0.4, 0.5) is 14.5 Å². The van der Waals surface area contributed by atoms with Crippen molar-refractivity contribution in [3.63, 3.8) is 0 Å². The van der Waals surface area contributed by atoms with E-state index >= 15 is 0 Å². The minimum Gasteiger partial charge on any atom is -0.340 e. The lowest BCUT2D eigenvalue weighted by Crippen LogP contribution is -2.53. The van der Waals surface area contributed by atoms with E-state index in [0.717, 1.165) is 17.0 Å². The predicted molar refractivity (Wildman–Crippen MR) is 88.1 cm³/mol. The van der Waals surface area contributed by atoms with Gasteiger partial charge in [0.2, 0.25) is 11.8 Å². The van der Waals surface area contributed by atoms with Gasteiger partial charge in [0.25, 0.3) is 0 Å². The Morgan fingerprint density at radius 1 is 1.25 bits per heavy atom. The molecule has 2 amide bonds. The molecule has 2 saturated heterocycles. The Kier molecular flexibility index (Phi) is 5.77. The Morgan fingerprint density at radius 3 is 2.54 bits per heavy atom. The summed E-state index contributed by atoms with van der Waals surface area (Å²) in [5, 5.41) is 3.25. The second-order valence-electron chi connectivity index (χ2n) is 6.12. The molecule has 2 atom stereocenters. The van der Waals surface area contributed by atoms with Crippen LogP contribution in [0.5, 0.6) is 0 Å². The molecule has 0 radical (unpaired) electrons. The lowest BCUT2D eigenvalue weighted by atomic mass is 10.1. The number of halogens is 3. The van der Waals surface area contributed by atoms with Crippen molar-refractivity contribution in [3.8, 4) is 0 Å². The lowest BCUT2D eigenvalue weighted by Gasteiger charge is -2.33. The summed E-state index contributed by atoms with van der Waals surface area (Å²) in [5.41, 5.74) is -0.360. The molecule has 2 heterocycles. The summed E-state index contributed by atoms with van der Waals surface area (Å²) >= 11 is 0. The van der Waals surface area contributed by atoms with E-state index in [0.29, 0.717) is 19.6 Å². The van der Waals surface area contributed by atoms with Gasteiger partial charge in [-0.25, -0.2) is 8.78 Å². The van der Waals surface area contributed by atoms with Gasteiger partial charge in [0.1, 0.15) is 17.3 Å². The molecular formula is C16H20ClF2N3O2. The van der Waals surface area contributed by atoms with Crippen LogP contribution in [0, 0.1) is 17.6 Å². The van der Waals surface area contributed by atoms with Crippen LogP contribution in [0.15, 0.2) is 18.2 Å². The quantitative estimate of drug-likeness (QED) is 0.872. The van der Waals surface area contributed by atoms with Crippen LogP contribution in [0.25, 0.3) is 0 Å². The minimum atomic E-state index is -0.790. The van der Waals surface area contributed by atoms with E-state index in [1.165, 1.54) is 6.07 Å². The first-order chi connectivity index (χ1) is 11.0. The zero-order valence-electron chi connectivity index (χ0n) is 13.3. The Balaban J connectivity index is 0.00000208. The highest BCUT2D eigenvalue weighted by Crippen LogP contribution is 2.30. The summed E-state index contributed by atoms with van der Waals surface area (Å²) in [6.45, 7) is 3.88. The zero-order valence-corrected chi connectivity index (χ0v) is 14.1. The van der Waals surface area contributed by atoms with E-state index in [1.807, 2.05) is 6.92 Å². The minimum absolute atomic E-state index is 0. The molecule has 2 fully saturated rings. The molecule has 5 nitrogen and oxygen atoms in total. The Morgan fingerprint density at radius 2 is 1.92 bits per heavy atom. The molecule has 0 aromatic heterocycles. The Hall–Kier alpha value is -1.73. The van der Waals surface area contributed by atoms with Gasteiger partial charge in [0, 0.05) is 38.6 Å². The van der Waals surface area contributed by atoms with E-state index in [4.69, 9.17) is 0 Å². The van der Waals surface area contributed by atoms with Crippen molar-refractivity contribution < 1.29 is 18.4 Å². The fourth-order valence-electron chi connectivity index (χ4n) is 3.23. The standard InChI is InChI=1S/C16H19F2N3O2.ClH/c1-10-8-20(6-5-19-10)16(23)11-7-14(22)21(9-11)15-12(17)3-2-4-13(15)18;/h2-4,10-11,19H,5-9H2,1H3;1H/t10-,11?;/m1./s1. The Labute approximate surface area is 145 Å². The highest BCUT2D eigenvalue weighted by molar-refractivity contribution is 6.00. The predicted octanol–water partition coefficient (Wildman–Crippen LogP) is 1.56. The first-order valence-electron chi connectivity index (χ1n) is 7.74. The summed E-state index contributed by atoms with van der Waals surface area (Å²) in [7, 11) is 0. The van der Waals surface area contributed by atoms with Gasteiger partial charge >= 0.3 is 0 Å². The molecular weight excluding hydrogens is 340 g/mol. The molecule has 3 rings (SSSR count). The number of anilines is 1. The molecule has 1 unspecified atom stereocenters. The van der Waals surface area contributed by atoms with Gasteiger partial charge in [-0.05, 0) is 19.1 Å². The third-order valence-electron chi connectivity index (χ3n) is 4.36. The second kappa shape index (κ2) is 7.44. The molecule has 1 aromatic rings. The third-order valence-corrected chi connectivity index (χ3v) is 4.36. The number of nitrogens with one attached hydrogen (secondary N) is 1. The maximum atomic E-state index is 13.9. The second-order valence-corrected chi connectivity index (χ2v) is 6.12. The van der Waals surface area contributed by atoms with Crippen LogP contribution in [-0.2, 0) is 9.59 Å². The summed E-state index contributed by atoms with van der Waals surface area (Å²) < 4.78 is 27.7. The largest absolute Gasteiger partial charge is 0.340 e. The van der Waals surface area contributed by atoms with Gasteiger partial charge in [-0.1, -0.05) is 6.07 Å². The summed E-state index contributed by atoms with van der Waals surface area (Å²) in [6.07, 6.45) is -0.00901. The first kappa shape index (κ1) is 18.6. The summed E-state index contributed by atoms with van der Waals surface area (Å²) in [4.78, 5) is 27.5. The molecule has 1 aromatic carbocycles. The molecule has 0 bridgehead atoms. The highest BCUT2D eigenvalue weighted by Gasteiger charge is 2.39. The van der Waals surface area contributed by atoms with E-state index < -0.39 is 23.5 Å². The van der Waals surface area contributed by atoms with Gasteiger partial charge < -0.3 is 15.1 Å². The molecule has 2 aliphatic rings. The molecule has 1 N–H and O–H groups in total. The normalized spacial score (nSPS) is 24.0. The maximum absolute atomic E-state index is 13.9. The van der Waals surface area contributed by atoms with Crippen LogP contribution >= 0.6 is 12.4 Å². The van der Waals surface area contributed by atoms with Crippen molar-refractivity contribution >= 4 is 29.9 Å². The fourth-order valence-corrected chi connectivity index (χ4v) is 3.23. The number of benzene rings is 1. The Bertz CT molecular complexity index is 623. The number of hydrogen-bond donors (Lipinski definition) is 1. The van der Waals surface area contributed by atoms with Crippen LogP contribution in [0.3, 0.4) is 0 Å². The van der Waals surface area contributed by atoms with E-state index in [-0.39, 0.29) is 43.0 Å². The number of para-hydroxylation sites is 1. The number of amides is 2. The number of piperazine rings is 1. The monoisotopic (exact) mass is 359 g/mol. The molecule has 8 heteroatoms. The van der Waals surface area contributed by atoms with Crippen molar-refractivity contribution in [1.29, 1.82) is 0 Å².